The Morgan fingerprint density at radius 1 is 0.850 bits per heavy atom. The molecule has 0 amide bonds. The first kappa shape index (κ1) is 14.6. The molecule has 0 atom stereocenters. The van der Waals surface area contributed by atoms with Crippen LogP contribution in [0.25, 0.3) is 0 Å². The molecule has 0 heterocycles. The second-order valence-corrected chi connectivity index (χ2v) is 6.13. The fourth-order valence-electron chi connectivity index (χ4n) is 2.04. The molecule has 20 heavy (non-hydrogen) atoms. The highest BCUT2D eigenvalue weighted by atomic mass is 16.5. The molecule has 0 spiro atoms. The Labute approximate surface area is 122 Å². The van der Waals surface area contributed by atoms with E-state index in [1.54, 1.807) is 0 Å². The second kappa shape index (κ2) is 6.58. The molecule has 0 radical (unpaired) electrons. The van der Waals surface area contributed by atoms with E-state index in [1.807, 2.05) is 12.1 Å². The number of benzene rings is 2. The van der Waals surface area contributed by atoms with Crippen LogP contribution in [0.15, 0.2) is 54.6 Å². The van der Waals surface area contributed by atoms with Crippen molar-refractivity contribution in [2.45, 2.75) is 6.42 Å². The van der Waals surface area contributed by atoms with Crippen molar-refractivity contribution in [3.63, 3.8) is 0 Å². The summed E-state index contributed by atoms with van der Waals surface area (Å²) in [5.41, 5.74) is 2.57. The standard InChI is InChI=1S/C18H24NO/c1-19(2,3)13-14-20-18-12-8-7-11-17(18)15-16-9-5-4-6-10-16/h4-12H,13-15H2,1-3H3/q+1. The maximum atomic E-state index is 5.97. The van der Waals surface area contributed by atoms with Crippen molar-refractivity contribution < 1.29 is 9.22 Å². The van der Waals surface area contributed by atoms with Crippen LogP contribution in [-0.2, 0) is 6.42 Å². The molecular formula is C18H24NO+. The molecular weight excluding hydrogens is 246 g/mol. The van der Waals surface area contributed by atoms with Crippen LogP contribution in [0.2, 0.25) is 0 Å². The van der Waals surface area contributed by atoms with Crippen LogP contribution in [-0.4, -0.2) is 38.8 Å². The lowest BCUT2D eigenvalue weighted by atomic mass is 10.0. The third-order valence-corrected chi connectivity index (χ3v) is 3.23. The molecule has 0 saturated carbocycles. The molecule has 0 aromatic heterocycles. The van der Waals surface area contributed by atoms with Crippen LogP contribution in [0.1, 0.15) is 11.1 Å². The molecule has 2 aromatic carbocycles. The quantitative estimate of drug-likeness (QED) is 0.731. The molecule has 0 N–H and O–H groups in total. The molecule has 2 nitrogen and oxygen atoms in total. The summed E-state index contributed by atoms with van der Waals surface area (Å²) < 4.78 is 6.89. The van der Waals surface area contributed by atoms with Gasteiger partial charge in [-0.2, -0.15) is 0 Å². The van der Waals surface area contributed by atoms with Gasteiger partial charge in [0.2, 0.25) is 0 Å². The van der Waals surface area contributed by atoms with E-state index in [-0.39, 0.29) is 0 Å². The van der Waals surface area contributed by atoms with E-state index >= 15 is 0 Å². The monoisotopic (exact) mass is 270 g/mol. The maximum absolute atomic E-state index is 5.97. The zero-order chi connectivity index (χ0) is 14.4. The number of quaternary nitrogens is 1. The van der Waals surface area contributed by atoms with Gasteiger partial charge in [0.15, 0.2) is 0 Å². The molecule has 0 unspecified atom stereocenters. The van der Waals surface area contributed by atoms with E-state index in [4.69, 9.17) is 4.74 Å². The lowest BCUT2D eigenvalue weighted by Crippen LogP contribution is -2.38. The van der Waals surface area contributed by atoms with Gasteiger partial charge in [-0.1, -0.05) is 48.5 Å². The number of ether oxygens (including phenoxy) is 1. The Balaban J connectivity index is 2.03. The summed E-state index contributed by atoms with van der Waals surface area (Å²) in [7, 11) is 6.54. The van der Waals surface area contributed by atoms with Gasteiger partial charge in [0, 0.05) is 6.42 Å². The molecule has 0 saturated heterocycles. The van der Waals surface area contributed by atoms with Crippen LogP contribution in [0, 0.1) is 0 Å². The second-order valence-electron chi connectivity index (χ2n) is 6.13. The summed E-state index contributed by atoms with van der Waals surface area (Å²) in [6.45, 7) is 1.75. The summed E-state index contributed by atoms with van der Waals surface area (Å²) in [4.78, 5) is 0. The first-order valence-electron chi connectivity index (χ1n) is 7.10. The van der Waals surface area contributed by atoms with Gasteiger partial charge >= 0.3 is 0 Å². The largest absolute Gasteiger partial charge is 0.487 e. The predicted molar refractivity (Wildman–Crippen MR) is 84.1 cm³/mol. The fraction of sp³-hybridized carbons (Fsp3) is 0.333. The number of likely N-dealkylation sites (N-methyl/N-ethyl adjacent to an activating group) is 1. The summed E-state index contributed by atoms with van der Waals surface area (Å²) in [5, 5.41) is 0. The Kier molecular flexibility index (Phi) is 4.80. The molecule has 0 aliphatic heterocycles. The third-order valence-electron chi connectivity index (χ3n) is 3.23. The number of rotatable bonds is 6. The van der Waals surface area contributed by atoms with Gasteiger partial charge in [0.1, 0.15) is 18.9 Å². The SMILES string of the molecule is C[N+](C)(C)CCOc1ccccc1Cc1ccccc1. The summed E-state index contributed by atoms with van der Waals surface area (Å²) in [6.07, 6.45) is 0.918. The molecule has 106 valence electrons. The first-order chi connectivity index (χ1) is 9.54. The van der Waals surface area contributed by atoms with Crippen LogP contribution in [0.5, 0.6) is 5.75 Å². The number of para-hydroxylation sites is 1. The highest BCUT2D eigenvalue weighted by Crippen LogP contribution is 2.21. The van der Waals surface area contributed by atoms with Gasteiger partial charge in [0.25, 0.3) is 0 Å². The van der Waals surface area contributed by atoms with Crippen molar-refractivity contribution in [3.8, 4) is 5.75 Å². The van der Waals surface area contributed by atoms with E-state index in [0.29, 0.717) is 0 Å². The van der Waals surface area contributed by atoms with E-state index in [0.717, 1.165) is 29.8 Å². The van der Waals surface area contributed by atoms with Gasteiger partial charge < -0.3 is 9.22 Å². The molecule has 2 aromatic rings. The van der Waals surface area contributed by atoms with Gasteiger partial charge in [-0.3, -0.25) is 0 Å². The molecule has 2 heteroatoms. The molecule has 2 rings (SSSR count). The average Bonchev–Trinajstić information content (AvgIpc) is 2.40. The Bertz CT molecular complexity index is 529. The highest BCUT2D eigenvalue weighted by molar-refractivity contribution is 5.37. The molecule has 0 bridgehead atoms. The van der Waals surface area contributed by atoms with Gasteiger partial charge in [0.05, 0.1) is 21.1 Å². The first-order valence-corrected chi connectivity index (χ1v) is 7.10. The summed E-state index contributed by atoms with van der Waals surface area (Å²) >= 11 is 0. The normalized spacial score (nSPS) is 11.3. The van der Waals surface area contributed by atoms with Crippen LogP contribution < -0.4 is 4.74 Å². The lowest BCUT2D eigenvalue weighted by Gasteiger charge is -2.24. The van der Waals surface area contributed by atoms with Crippen molar-refractivity contribution in [3.05, 3.63) is 65.7 Å². The lowest BCUT2D eigenvalue weighted by molar-refractivity contribution is -0.870. The van der Waals surface area contributed by atoms with Crippen molar-refractivity contribution in [1.29, 1.82) is 0 Å². The Morgan fingerprint density at radius 2 is 1.50 bits per heavy atom. The zero-order valence-electron chi connectivity index (χ0n) is 12.7. The topological polar surface area (TPSA) is 9.23 Å². The van der Waals surface area contributed by atoms with Gasteiger partial charge in [-0.25, -0.2) is 0 Å². The third kappa shape index (κ3) is 4.71. The van der Waals surface area contributed by atoms with E-state index in [1.165, 1.54) is 11.1 Å². The molecule has 0 fully saturated rings. The van der Waals surface area contributed by atoms with Crippen molar-refractivity contribution >= 4 is 0 Å². The van der Waals surface area contributed by atoms with Crippen molar-refractivity contribution in [2.24, 2.45) is 0 Å². The summed E-state index contributed by atoms with van der Waals surface area (Å²) in [6, 6.07) is 18.8. The van der Waals surface area contributed by atoms with E-state index in [9.17, 15) is 0 Å². The smallest absolute Gasteiger partial charge is 0.137 e. The van der Waals surface area contributed by atoms with Crippen LogP contribution in [0.4, 0.5) is 0 Å². The number of hydrogen-bond acceptors (Lipinski definition) is 1. The summed E-state index contributed by atoms with van der Waals surface area (Å²) in [5.74, 6) is 1.00. The van der Waals surface area contributed by atoms with Crippen molar-refractivity contribution in [1.82, 2.24) is 0 Å². The minimum Gasteiger partial charge on any atom is -0.487 e. The minimum absolute atomic E-state index is 0.745. The highest BCUT2D eigenvalue weighted by Gasteiger charge is 2.08. The molecule has 0 aliphatic carbocycles. The fourth-order valence-corrected chi connectivity index (χ4v) is 2.04. The predicted octanol–water partition coefficient (Wildman–Crippen LogP) is 3.36. The average molecular weight is 270 g/mol. The number of hydrogen-bond donors (Lipinski definition) is 0. The van der Waals surface area contributed by atoms with E-state index < -0.39 is 0 Å². The maximum Gasteiger partial charge on any atom is 0.137 e. The van der Waals surface area contributed by atoms with Gasteiger partial charge in [-0.15, -0.1) is 0 Å². The Hall–Kier alpha value is -1.80. The number of nitrogens with zero attached hydrogens (tertiary/aromatic N) is 1. The Morgan fingerprint density at radius 3 is 2.20 bits per heavy atom. The van der Waals surface area contributed by atoms with E-state index in [2.05, 4.69) is 63.6 Å². The molecule has 0 aliphatic rings. The van der Waals surface area contributed by atoms with Crippen LogP contribution >= 0.6 is 0 Å². The van der Waals surface area contributed by atoms with Crippen molar-refractivity contribution in [2.75, 3.05) is 34.3 Å². The minimum atomic E-state index is 0.745. The zero-order valence-corrected chi connectivity index (χ0v) is 12.7. The van der Waals surface area contributed by atoms with Gasteiger partial charge in [-0.05, 0) is 17.2 Å². The van der Waals surface area contributed by atoms with Crippen LogP contribution in [0.3, 0.4) is 0 Å².